The Morgan fingerprint density at radius 3 is 2.52 bits per heavy atom. The summed E-state index contributed by atoms with van der Waals surface area (Å²) in [4.78, 5) is 28.3. The summed E-state index contributed by atoms with van der Waals surface area (Å²) in [6.07, 6.45) is 3.96. The molecule has 160 valence electrons. The molecule has 1 fully saturated rings. The van der Waals surface area contributed by atoms with Gasteiger partial charge in [0.15, 0.2) is 0 Å². The average Bonchev–Trinajstić information content (AvgIpc) is 3.21. The van der Waals surface area contributed by atoms with E-state index in [4.69, 9.17) is 4.74 Å². The number of carbonyl (C=O) groups excluding carboxylic acids is 2. The quantitative estimate of drug-likeness (QED) is 0.623. The lowest BCUT2D eigenvalue weighted by Crippen LogP contribution is -2.50. The number of nitrogens with one attached hydrogen (secondary N) is 1. The van der Waals surface area contributed by atoms with E-state index >= 15 is 0 Å². The summed E-state index contributed by atoms with van der Waals surface area (Å²) in [5, 5.41) is 8.45. The first-order valence-electron chi connectivity index (χ1n) is 10.5. The van der Waals surface area contributed by atoms with Crippen LogP contribution in [0.4, 0.5) is 0 Å². The highest BCUT2D eigenvalue weighted by Gasteiger charge is 2.23. The molecule has 0 spiro atoms. The van der Waals surface area contributed by atoms with Gasteiger partial charge in [-0.3, -0.25) is 19.6 Å². The number of rotatable bonds is 6. The van der Waals surface area contributed by atoms with Gasteiger partial charge in [0, 0.05) is 37.1 Å². The van der Waals surface area contributed by atoms with Gasteiger partial charge in [0.1, 0.15) is 0 Å². The van der Waals surface area contributed by atoms with Crippen molar-refractivity contribution in [3.05, 3.63) is 65.4 Å². The highest BCUT2D eigenvalue weighted by molar-refractivity contribution is 5.95. The van der Waals surface area contributed by atoms with E-state index in [9.17, 15) is 9.59 Å². The van der Waals surface area contributed by atoms with Crippen molar-refractivity contribution in [3.63, 3.8) is 0 Å². The van der Waals surface area contributed by atoms with Crippen LogP contribution in [0.25, 0.3) is 23.1 Å². The Labute approximate surface area is 181 Å². The Balaban J connectivity index is 1.34. The van der Waals surface area contributed by atoms with Crippen LogP contribution in [0.2, 0.25) is 0 Å². The van der Waals surface area contributed by atoms with Crippen LogP contribution >= 0.6 is 0 Å². The molecule has 7 heteroatoms. The molecule has 2 heterocycles. The zero-order valence-electron chi connectivity index (χ0n) is 17.6. The topological polar surface area (TPSA) is 78.5 Å². The molecular weight excluding hydrogens is 392 g/mol. The lowest BCUT2D eigenvalue weighted by atomic mass is 10.1. The van der Waals surface area contributed by atoms with Crippen LogP contribution in [0, 0.1) is 0 Å². The molecular formula is C24H26N4O3. The van der Waals surface area contributed by atoms with Gasteiger partial charge in [-0.05, 0) is 36.8 Å². The van der Waals surface area contributed by atoms with Gasteiger partial charge in [-0.2, -0.15) is 5.10 Å². The molecule has 2 aromatic carbocycles. The van der Waals surface area contributed by atoms with E-state index < -0.39 is 0 Å². The van der Waals surface area contributed by atoms with Crippen molar-refractivity contribution in [1.82, 2.24) is 20.0 Å². The van der Waals surface area contributed by atoms with Crippen molar-refractivity contribution in [2.75, 3.05) is 39.3 Å². The maximum Gasteiger partial charge on any atom is 0.320 e. The van der Waals surface area contributed by atoms with Crippen molar-refractivity contribution in [2.24, 2.45) is 0 Å². The lowest BCUT2D eigenvalue weighted by Gasteiger charge is -2.34. The number of nitrogens with zero attached hydrogens (tertiary/aromatic N) is 3. The molecule has 0 aliphatic carbocycles. The zero-order valence-corrected chi connectivity index (χ0v) is 17.6. The first-order valence-corrected chi connectivity index (χ1v) is 10.5. The van der Waals surface area contributed by atoms with Gasteiger partial charge < -0.3 is 9.64 Å². The second-order valence-corrected chi connectivity index (χ2v) is 7.48. The Bertz CT molecular complexity index is 1080. The van der Waals surface area contributed by atoms with Crippen LogP contribution in [0.3, 0.4) is 0 Å². The maximum atomic E-state index is 12.8. The lowest BCUT2D eigenvalue weighted by molar-refractivity contribution is -0.144. The van der Waals surface area contributed by atoms with Crippen LogP contribution in [0.15, 0.2) is 48.5 Å². The molecule has 4 rings (SSSR count). The van der Waals surface area contributed by atoms with E-state index in [1.165, 1.54) is 0 Å². The number of ether oxygens (including phenoxy) is 1. The number of amides is 1. The summed E-state index contributed by atoms with van der Waals surface area (Å²) in [5.41, 5.74) is 3.56. The number of piperazine rings is 1. The van der Waals surface area contributed by atoms with Crippen molar-refractivity contribution in [3.8, 4) is 0 Å². The third kappa shape index (κ3) is 5.00. The fourth-order valence-electron chi connectivity index (χ4n) is 3.70. The molecule has 0 radical (unpaired) electrons. The molecule has 3 aromatic rings. The minimum Gasteiger partial charge on any atom is -0.465 e. The number of para-hydroxylation sites is 1. The molecule has 1 amide bonds. The standard InChI is InChI=1S/C24H26N4O3/c1-2-31-23(29)17-27-13-15-28(16-14-27)24(30)19-10-7-18(8-11-19)9-12-22-20-5-3-4-6-21(20)25-26-22/h3-12H,2,13-17H2,1H3,(H,25,26)/b12-9+. The van der Waals surface area contributed by atoms with Gasteiger partial charge in [0.05, 0.1) is 24.4 Å². The Hall–Kier alpha value is -3.45. The molecule has 0 unspecified atom stereocenters. The van der Waals surface area contributed by atoms with Crippen LogP contribution < -0.4 is 0 Å². The smallest absolute Gasteiger partial charge is 0.320 e. The van der Waals surface area contributed by atoms with Crippen LogP contribution in [-0.4, -0.2) is 71.2 Å². The normalized spacial score (nSPS) is 14.9. The number of aromatic amines is 1. The maximum absolute atomic E-state index is 12.8. The summed E-state index contributed by atoms with van der Waals surface area (Å²) in [7, 11) is 0. The van der Waals surface area contributed by atoms with Crippen LogP contribution in [-0.2, 0) is 9.53 Å². The van der Waals surface area contributed by atoms with E-state index in [2.05, 4.69) is 10.2 Å². The van der Waals surface area contributed by atoms with E-state index in [0.717, 1.165) is 22.2 Å². The molecule has 1 aromatic heterocycles. The summed E-state index contributed by atoms with van der Waals surface area (Å²) in [6.45, 7) is 5.02. The highest BCUT2D eigenvalue weighted by Crippen LogP contribution is 2.18. The fraction of sp³-hybridized carbons (Fsp3) is 0.292. The van der Waals surface area contributed by atoms with E-state index in [1.54, 1.807) is 6.92 Å². The average molecular weight is 418 g/mol. The van der Waals surface area contributed by atoms with Gasteiger partial charge in [0.2, 0.25) is 0 Å². The first-order chi connectivity index (χ1) is 15.1. The van der Waals surface area contributed by atoms with Gasteiger partial charge in [0.25, 0.3) is 5.91 Å². The van der Waals surface area contributed by atoms with Gasteiger partial charge >= 0.3 is 5.97 Å². The van der Waals surface area contributed by atoms with Crippen molar-refractivity contribution < 1.29 is 14.3 Å². The predicted molar refractivity (Wildman–Crippen MR) is 120 cm³/mol. The summed E-state index contributed by atoms with van der Waals surface area (Å²) in [6, 6.07) is 15.6. The number of esters is 1. The molecule has 1 N–H and O–H groups in total. The van der Waals surface area contributed by atoms with Crippen molar-refractivity contribution in [1.29, 1.82) is 0 Å². The number of carbonyl (C=O) groups is 2. The minimum atomic E-state index is -0.214. The van der Waals surface area contributed by atoms with Gasteiger partial charge in [-0.25, -0.2) is 0 Å². The monoisotopic (exact) mass is 418 g/mol. The number of hydrogen-bond acceptors (Lipinski definition) is 5. The van der Waals surface area contributed by atoms with Crippen LogP contribution in [0.1, 0.15) is 28.5 Å². The fourth-order valence-corrected chi connectivity index (χ4v) is 3.70. The van der Waals surface area contributed by atoms with Crippen molar-refractivity contribution in [2.45, 2.75) is 6.92 Å². The summed E-state index contributed by atoms with van der Waals surface area (Å²) >= 11 is 0. The third-order valence-electron chi connectivity index (χ3n) is 5.41. The molecule has 7 nitrogen and oxygen atoms in total. The molecule has 1 aliphatic rings. The summed E-state index contributed by atoms with van der Waals surface area (Å²) < 4.78 is 4.99. The van der Waals surface area contributed by atoms with Gasteiger partial charge in [-0.1, -0.05) is 36.4 Å². The third-order valence-corrected chi connectivity index (χ3v) is 5.41. The largest absolute Gasteiger partial charge is 0.465 e. The first kappa shape index (κ1) is 20.8. The second kappa shape index (κ2) is 9.57. The van der Waals surface area contributed by atoms with E-state index in [0.29, 0.717) is 38.3 Å². The molecule has 0 saturated carbocycles. The van der Waals surface area contributed by atoms with E-state index in [1.807, 2.05) is 70.5 Å². The second-order valence-electron chi connectivity index (χ2n) is 7.48. The molecule has 1 aliphatic heterocycles. The predicted octanol–water partition coefficient (Wildman–Crippen LogP) is 3.05. The van der Waals surface area contributed by atoms with Gasteiger partial charge in [-0.15, -0.1) is 0 Å². The SMILES string of the molecule is CCOC(=O)CN1CCN(C(=O)c2ccc(/C=C/c3n[nH]c4ccccc34)cc2)CC1. The Morgan fingerprint density at radius 1 is 1.03 bits per heavy atom. The number of benzene rings is 2. The molecule has 31 heavy (non-hydrogen) atoms. The number of fused-ring (bicyclic) bond motifs is 1. The summed E-state index contributed by atoms with van der Waals surface area (Å²) in [5.74, 6) is -0.196. The Morgan fingerprint density at radius 2 is 1.77 bits per heavy atom. The Kier molecular flexibility index (Phi) is 6.43. The molecule has 1 saturated heterocycles. The number of aromatic nitrogens is 2. The highest BCUT2D eigenvalue weighted by atomic mass is 16.5. The molecule has 0 bridgehead atoms. The number of H-pyrrole nitrogens is 1. The van der Waals surface area contributed by atoms with Crippen molar-refractivity contribution >= 4 is 34.9 Å². The number of hydrogen-bond donors (Lipinski definition) is 1. The van der Waals surface area contributed by atoms with E-state index in [-0.39, 0.29) is 18.4 Å². The molecule has 0 atom stereocenters. The zero-order chi connectivity index (χ0) is 21.6. The minimum absolute atomic E-state index is 0.0182. The van der Waals surface area contributed by atoms with Crippen LogP contribution in [0.5, 0.6) is 0 Å².